The first-order chi connectivity index (χ1) is 19.8. The zero-order valence-corrected chi connectivity index (χ0v) is 25.6. The number of alkyl halides is 1. The van der Waals surface area contributed by atoms with Crippen LogP contribution < -0.4 is 10.6 Å². The molecule has 1 aliphatic rings. The van der Waals surface area contributed by atoms with Gasteiger partial charge in [0.15, 0.2) is 5.78 Å². The van der Waals surface area contributed by atoms with Crippen molar-refractivity contribution in [2.75, 3.05) is 12.5 Å². The molecule has 0 aromatic heterocycles. The summed E-state index contributed by atoms with van der Waals surface area (Å²) in [7, 11) is 0. The van der Waals surface area contributed by atoms with Crippen molar-refractivity contribution in [2.45, 2.75) is 83.8 Å². The molecule has 3 rings (SSSR count). The SMILES string of the molecule is CC(C)(C)OC(=O)N[C@@H](Cc1cc(F)cc(F)c1)C(=O)CCl.CC(C)(C)OC(=O)N[C@@H](Cc1cc(F)cc(F)c1)[C@H]1CO1. The summed E-state index contributed by atoms with van der Waals surface area (Å²) < 4.78 is 68.2. The lowest BCUT2D eigenvalue weighted by atomic mass is 10.0. The smallest absolute Gasteiger partial charge is 0.408 e. The molecule has 0 aliphatic carbocycles. The van der Waals surface area contributed by atoms with Gasteiger partial charge in [0.25, 0.3) is 0 Å². The number of carbonyl (C=O) groups is 3. The molecule has 1 aliphatic heterocycles. The van der Waals surface area contributed by atoms with Crippen LogP contribution in [0, 0.1) is 23.3 Å². The van der Waals surface area contributed by atoms with Crippen LogP contribution >= 0.6 is 11.6 Å². The van der Waals surface area contributed by atoms with Crippen LogP contribution in [0.5, 0.6) is 0 Å². The Morgan fingerprint density at radius 2 is 1.19 bits per heavy atom. The van der Waals surface area contributed by atoms with E-state index in [0.717, 1.165) is 24.3 Å². The summed E-state index contributed by atoms with van der Waals surface area (Å²) in [5.41, 5.74) is -0.644. The fourth-order valence-corrected chi connectivity index (χ4v) is 3.94. The van der Waals surface area contributed by atoms with Gasteiger partial charge < -0.3 is 24.8 Å². The van der Waals surface area contributed by atoms with Gasteiger partial charge in [0.1, 0.15) is 40.6 Å². The zero-order valence-electron chi connectivity index (χ0n) is 24.9. The topological polar surface area (TPSA) is 106 Å². The molecule has 2 aromatic rings. The molecule has 1 heterocycles. The monoisotopic (exact) mass is 632 g/mol. The number of carbonyl (C=O) groups excluding carboxylic acids is 3. The molecular weight excluding hydrogens is 596 g/mol. The third-order valence-electron chi connectivity index (χ3n) is 5.46. The van der Waals surface area contributed by atoms with Crippen molar-refractivity contribution in [3.63, 3.8) is 0 Å². The van der Waals surface area contributed by atoms with Crippen LogP contribution in [0.25, 0.3) is 0 Å². The van der Waals surface area contributed by atoms with Gasteiger partial charge >= 0.3 is 12.2 Å². The van der Waals surface area contributed by atoms with Gasteiger partial charge in [-0.15, -0.1) is 11.6 Å². The molecule has 1 saturated heterocycles. The molecule has 13 heteroatoms. The Morgan fingerprint density at radius 3 is 1.56 bits per heavy atom. The Bertz CT molecular complexity index is 1240. The largest absolute Gasteiger partial charge is 0.444 e. The minimum atomic E-state index is -1.02. The molecule has 3 atom stereocenters. The van der Waals surface area contributed by atoms with E-state index in [1.165, 1.54) is 12.1 Å². The maximum absolute atomic E-state index is 13.2. The summed E-state index contributed by atoms with van der Waals surface area (Å²) >= 11 is 5.50. The van der Waals surface area contributed by atoms with E-state index in [2.05, 4.69) is 10.6 Å². The lowest BCUT2D eigenvalue weighted by molar-refractivity contribution is -0.118. The third-order valence-corrected chi connectivity index (χ3v) is 5.72. The molecular formula is C30H37ClF4N2O6. The van der Waals surface area contributed by atoms with Crippen LogP contribution in [-0.4, -0.2) is 59.8 Å². The average Bonchev–Trinajstić information content (AvgIpc) is 3.65. The van der Waals surface area contributed by atoms with Crippen LogP contribution in [0.2, 0.25) is 0 Å². The molecule has 0 radical (unpaired) electrons. The summed E-state index contributed by atoms with van der Waals surface area (Å²) in [4.78, 5) is 35.3. The number of rotatable bonds is 9. The van der Waals surface area contributed by atoms with Gasteiger partial charge in [-0.05, 0) is 83.4 Å². The number of alkyl carbamates (subject to hydrolysis) is 2. The molecule has 1 fully saturated rings. The summed E-state index contributed by atoms with van der Waals surface area (Å²) in [5.74, 6) is -3.61. The Kier molecular flexibility index (Phi) is 12.8. The van der Waals surface area contributed by atoms with Crippen molar-refractivity contribution >= 4 is 29.6 Å². The van der Waals surface area contributed by atoms with Gasteiger partial charge in [0.2, 0.25) is 0 Å². The number of ether oxygens (including phenoxy) is 3. The van der Waals surface area contributed by atoms with Crippen molar-refractivity contribution < 1.29 is 46.2 Å². The first kappa shape index (κ1) is 35.8. The number of Topliss-reactive ketones (excluding diaryl/α,β-unsaturated/α-hetero) is 1. The van der Waals surface area contributed by atoms with E-state index in [1.807, 2.05) is 0 Å². The molecule has 238 valence electrons. The normalized spacial score (nSPS) is 15.7. The predicted octanol–water partition coefficient (Wildman–Crippen LogP) is 6.01. The van der Waals surface area contributed by atoms with Crippen molar-refractivity contribution in [2.24, 2.45) is 0 Å². The maximum Gasteiger partial charge on any atom is 0.408 e. The van der Waals surface area contributed by atoms with E-state index in [4.69, 9.17) is 25.8 Å². The number of hydrogen-bond acceptors (Lipinski definition) is 6. The minimum Gasteiger partial charge on any atom is -0.444 e. The summed E-state index contributed by atoms with van der Waals surface area (Å²) in [5, 5.41) is 5.06. The van der Waals surface area contributed by atoms with Crippen molar-refractivity contribution in [3.05, 3.63) is 70.8 Å². The molecule has 2 aromatic carbocycles. The van der Waals surface area contributed by atoms with Crippen LogP contribution in [0.4, 0.5) is 27.2 Å². The lowest BCUT2D eigenvalue weighted by Crippen LogP contribution is -2.45. The Hall–Kier alpha value is -3.38. The van der Waals surface area contributed by atoms with Crippen LogP contribution in [0.3, 0.4) is 0 Å². The van der Waals surface area contributed by atoms with Crippen molar-refractivity contribution in [1.29, 1.82) is 0 Å². The molecule has 0 saturated carbocycles. The molecule has 8 nitrogen and oxygen atoms in total. The number of epoxide rings is 1. The highest BCUT2D eigenvalue weighted by atomic mass is 35.5. The zero-order chi connectivity index (χ0) is 32.5. The first-order valence-corrected chi connectivity index (χ1v) is 14.0. The Morgan fingerprint density at radius 1 is 0.791 bits per heavy atom. The number of ketones is 1. The van der Waals surface area contributed by atoms with Crippen molar-refractivity contribution in [1.82, 2.24) is 10.6 Å². The maximum atomic E-state index is 13.2. The molecule has 2 N–H and O–H groups in total. The van der Waals surface area contributed by atoms with Crippen LogP contribution in [0.15, 0.2) is 36.4 Å². The molecule has 0 bridgehead atoms. The second-order valence-corrected chi connectivity index (χ2v) is 12.2. The Labute approximate surface area is 253 Å². The van der Waals surface area contributed by atoms with Crippen molar-refractivity contribution in [3.8, 4) is 0 Å². The predicted molar refractivity (Wildman–Crippen MR) is 152 cm³/mol. The van der Waals surface area contributed by atoms with Gasteiger partial charge in [0, 0.05) is 18.6 Å². The van der Waals surface area contributed by atoms with E-state index < -0.39 is 58.5 Å². The molecule has 0 spiro atoms. The fraction of sp³-hybridized carbons (Fsp3) is 0.500. The second kappa shape index (κ2) is 15.4. The summed E-state index contributed by atoms with van der Waals surface area (Å²) in [6.45, 7) is 10.8. The van der Waals surface area contributed by atoms with E-state index in [0.29, 0.717) is 12.2 Å². The van der Waals surface area contributed by atoms with Gasteiger partial charge in [-0.3, -0.25) is 4.79 Å². The highest BCUT2D eigenvalue weighted by Gasteiger charge is 2.35. The van der Waals surface area contributed by atoms with E-state index in [-0.39, 0.29) is 36.4 Å². The molecule has 43 heavy (non-hydrogen) atoms. The van der Waals surface area contributed by atoms with Gasteiger partial charge in [-0.25, -0.2) is 27.2 Å². The number of nitrogens with one attached hydrogen (secondary N) is 2. The second-order valence-electron chi connectivity index (χ2n) is 11.9. The van der Waals surface area contributed by atoms with E-state index in [1.54, 1.807) is 41.5 Å². The summed E-state index contributed by atoms with van der Waals surface area (Å²) in [6, 6.07) is 4.82. The van der Waals surface area contributed by atoms with Crippen LogP contribution in [0.1, 0.15) is 52.7 Å². The highest BCUT2D eigenvalue weighted by molar-refractivity contribution is 6.28. The van der Waals surface area contributed by atoms with Gasteiger partial charge in [-0.2, -0.15) is 0 Å². The minimum absolute atomic E-state index is 0.0839. The molecule has 2 amide bonds. The third kappa shape index (κ3) is 14.6. The quantitative estimate of drug-likeness (QED) is 0.199. The van der Waals surface area contributed by atoms with Crippen LogP contribution in [-0.2, 0) is 31.8 Å². The van der Waals surface area contributed by atoms with Gasteiger partial charge in [0.05, 0.1) is 24.6 Å². The highest BCUT2D eigenvalue weighted by Crippen LogP contribution is 2.20. The average molecular weight is 633 g/mol. The lowest BCUT2D eigenvalue weighted by Gasteiger charge is -2.23. The molecule has 0 unspecified atom stereocenters. The standard InChI is InChI=1S/C15H18ClF2NO3.C15H19F2NO3/c1-15(2,3)22-14(21)19-12(13(20)8-16)6-9-4-10(17)7-11(18)5-9;1-15(2,3)21-14(19)18-12(13-8-20-13)6-9-4-10(16)7-11(17)5-9/h4-5,7,12H,6,8H2,1-3H3,(H,19,21);4-5,7,12-13H,6,8H2,1-3H3,(H,18,19)/t12-;12-,13+/m00/s1. The number of benzene rings is 2. The van der Waals surface area contributed by atoms with E-state index in [9.17, 15) is 31.9 Å². The Balaban J connectivity index is 0.000000300. The van der Waals surface area contributed by atoms with E-state index >= 15 is 0 Å². The summed E-state index contributed by atoms with van der Waals surface area (Å²) in [6.07, 6.45) is -1.32. The van der Waals surface area contributed by atoms with Gasteiger partial charge in [-0.1, -0.05) is 0 Å². The number of amides is 2. The first-order valence-electron chi connectivity index (χ1n) is 13.4. The number of hydrogen-bond donors (Lipinski definition) is 2. The fourth-order valence-electron chi connectivity index (χ4n) is 3.76. The number of halogens is 5.